The average molecular weight is 317 g/mol. The predicted molar refractivity (Wildman–Crippen MR) is 78.5 cm³/mol. The molecule has 0 aliphatic carbocycles. The number of hydrogen-bond acceptors (Lipinski definition) is 4. The maximum Gasteiger partial charge on any atom is 0.324 e. The highest BCUT2D eigenvalue weighted by Crippen LogP contribution is 2.11. The van der Waals surface area contributed by atoms with Crippen molar-refractivity contribution in [3.05, 3.63) is 42.5 Å². The third kappa shape index (κ3) is 5.35. The van der Waals surface area contributed by atoms with Crippen LogP contribution in [0.2, 0.25) is 0 Å². The SMILES string of the molecule is CCOC(=O)C(Cl)C/C=C/CS(=O)(=O)c1ccccc1. The zero-order chi connectivity index (χ0) is 15.0. The van der Waals surface area contributed by atoms with Gasteiger partial charge in [0.15, 0.2) is 9.84 Å². The average Bonchev–Trinajstić information content (AvgIpc) is 2.44. The van der Waals surface area contributed by atoms with Crippen LogP contribution in [0.1, 0.15) is 13.3 Å². The molecule has 0 spiro atoms. The Labute approximate surface area is 124 Å². The second kappa shape index (κ2) is 8.07. The van der Waals surface area contributed by atoms with Crippen LogP contribution in [-0.2, 0) is 19.4 Å². The zero-order valence-electron chi connectivity index (χ0n) is 11.2. The van der Waals surface area contributed by atoms with Crippen LogP contribution in [-0.4, -0.2) is 32.1 Å². The second-order valence-corrected chi connectivity index (χ2v) is 6.58. The Bertz CT molecular complexity index is 552. The molecule has 1 aromatic carbocycles. The fourth-order valence-corrected chi connectivity index (χ4v) is 2.78. The molecule has 0 radical (unpaired) electrons. The van der Waals surface area contributed by atoms with Gasteiger partial charge in [-0.25, -0.2) is 8.42 Å². The number of carbonyl (C=O) groups excluding carboxylic acids is 1. The Balaban J connectivity index is 2.51. The molecule has 0 heterocycles. The van der Waals surface area contributed by atoms with E-state index in [1.165, 1.54) is 6.08 Å². The Morgan fingerprint density at radius 1 is 1.30 bits per heavy atom. The molecule has 6 heteroatoms. The molecule has 1 rings (SSSR count). The van der Waals surface area contributed by atoms with E-state index in [0.29, 0.717) is 0 Å². The number of benzene rings is 1. The summed E-state index contributed by atoms with van der Waals surface area (Å²) in [5, 5.41) is -0.786. The molecule has 1 unspecified atom stereocenters. The lowest BCUT2D eigenvalue weighted by atomic mass is 10.3. The van der Waals surface area contributed by atoms with Crippen molar-refractivity contribution in [2.45, 2.75) is 23.6 Å². The summed E-state index contributed by atoms with van der Waals surface area (Å²) in [6.45, 7) is 1.97. The van der Waals surface area contributed by atoms with Crippen LogP contribution in [0.5, 0.6) is 0 Å². The van der Waals surface area contributed by atoms with Crippen LogP contribution >= 0.6 is 11.6 Å². The van der Waals surface area contributed by atoms with Gasteiger partial charge in [-0.3, -0.25) is 4.79 Å². The first-order valence-electron chi connectivity index (χ1n) is 6.21. The van der Waals surface area contributed by atoms with Gasteiger partial charge in [-0.05, 0) is 25.5 Å². The molecule has 0 fully saturated rings. The first-order chi connectivity index (χ1) is 9.47. The fourth-order valence-electron chi connectivity index (χ4n) is 1.46. The molecule has 1 aromatic rings. The number of hydrogen-bond donors (Lipinski definition) is 0. The third-order valence-electron chi connectivity index (χ3n) is 2.47. The lowest BCUT2D eigenvalue weighted by Gasteiger charge is -2.05. The number of sulfone groups is 1. The van der Waals surface area contributed by atoms with Gasteiger partial charge in [0.2, 0.25) is 0 Å². The number of rotatable bonds is 7. The highest BCUT2D eigenvalue weighted by Gasteiger charge is 2.15. The van der Waals surface area contributed by atoms with Crippen LogP contribution in [0.15, 0.2) is 47.4 Å². The summed E-state index contributed by atoms with van der Waals surface area (Å²) in [5.74, 6) is -0.617. The maximum atomic E-state index is 11.9. The quantitative estimate of drug-likeness (QED) is 0.441. The molecule has 0 aliphatic heterocycles. The van der Waals surface area contributed by atoms with E-state index in [4.69, 9.17) is 16.3 Å². The Kier molecular flexibility index (Phi) is 6.75. The molecule has 0 amide bonds. The molecule has 110 valence electrons. The van der Waals surface area contributed by atoms with E-state index in [1.54, 1.807) is 43.3 Å². The lowest BCUT2D eigenvalue weighted by Crippen LogP contribution is -2.17. The van der Waals surface area contributed by atoms with Gasteiger partial charge in [-0.15, -0.1) is 11.6 Å². The molecule has 0 aromatic heterocycles. The van der Waals surface area contributed by atoms with Crippen LogP contribution in [0.3, 0.4) is 0 Å². The van der Waals surface area contributed by atoms with Crippen molar-refractivity contribution in [2.75, 3.05) is 12.4 Å². The van der Waals surface area contributed by atoms with Gasteiger partial charge < -0.3 is 4.74 Å². The van der Waals surface area contributed by atoms with Gasteiger partial charge in [0.25, 0.3) is 0 Å². The number of alkyl halides is 1. The summed E-state index contributed by atoms with van der Waals surface area (Å²) in [6.07, 6.45) is 3.32. The van der Waals surface area contributed by atoms with E-state index in [9.17, 15) is 13.2 Å². The first kappa shape index (κ1) is 16.7. The van der Waals surface area contributed by atoms with Crippen LogP contribution in [0.4, 0.5) is 0 Å². The Hall–Kier alpha value is -1.33. The van der Waals surface area contributed by atoms with Gasteiger partial charge >= 0.3 is 5.97 Å². The first-order valence-corrected chi connectivity index (χ1v) is 8.29. The van der Waals surface area contributed by atoms with Gasteiger partial charge in [0.1, 0.15) is 5.38 Å². The van der Waals surface area contributed by atoms with Gasteiger partial charge in [-0.2, -0.15) is 0 Å². The topological polar surface area (TPSA) is 60.4 Å². The number of esters is 1. The third-order valence-corrected chi connectivity index (χ3v) is 4.45. The maximum absolute atomic E-state index is 11.9. The number of halogens is 1. The molecule has 0 saturated carbocycles. The normalized spacial score (nSPS) is 13.3. The van der Waals surface area contributed by atoms with Crippen LogP contribution in [0, 0.1) is 0 Å². The van der Waals surface area contributed by atoms with E-state index in [1.807, 2.05) is 0 Å². The summed E-state index contributed by atoms with van der Waals surface area (Å²) >= 11 is 5.80. The monoisotopic (exact) mass is 316 g/mol. The van der Waals surface area contributed by atoms with Crippen molar-refractivity contribution in [1.29, 1.82) is 0 Å². The zero-order valence-corrected chi connectivity index (χ0v) is 12.7. The standard InChI is InChI=1S/C14H17ClO4S/c1-2-19-14(16)13(15)10-6-7-11-20(17,18)12-8-4-3-5-9-12/h3-9,13H,2,10-11H2,1H3/b7-6+. The smallest absolute Gasteiger partial charge is 0.324 e. The van der Waals surface area contributed by atoms with Gasteiger partial charge in [-0.1, -0.05) is 30.4 Å². The minimum absolute atomic E-state index is 0.122. The van der Waals surface area contributed by atoms with E-state index in [-0.39, 0.29) is 23.7 Å². The summed E-state index contributed by atoms with van der Waals surface area (Å²) in [4.78, 5) is 11.5. The lowest BCUT2D eigenvalue weighted by molar-refractivity contribution is -0.142. The number of carbonyl (C=O) groups is 1. The minimum atomic E-state index is -3.33. The highest BCUT2D eigenvalue weighted by molar-refractivity contribution is 7.91. The molecule has 0 bridgehead atoms. The molecule has 4 nitrogen and oxygen atoms in total. The summed E-state index contributed by atoms with van der Waals surface area (Å²) < 4.78 is 28.6. The van der Waals surface area contributed by atoms with Gasteiger partial charge in [0, 0.05) is 0 Å². The van der Waals surface area contributed by atoms with E-state index in [0.717, 1.165) is 0 Å². The summed E-state index contributed by atoms with van der Waals surface area (Å²) in [5.41, 5.74) is 0. The molecule has 0 N–H and O–H groups in total. The number of allylic oxidation sites excluding steroid dienone is 1. The largest absolute Gasteiger partial charge is 0.465 e. The van der Waals surface area contributed by atoms with Crippen molar-refractivity contribution in [2.24, 2.45) is 0 Å². The molecular formula is C14H17ClO4S. The second-order valence-electron chi connectivity index (χ2n) is 4.02. The molecular weight excluding hydrogens is 300 g/mol. The van der Waals surface area contributed by atoms with E-state index >= 15 is 0 Å². The van der Waals surface area contributed by atoms with E-state index < -0.39 is 21.2 Å². The summed E-state index contributed by atoms with van der Waals surface area (Å²) in [6, 6.07) is 8.20. The molecule has 1 atom stereocenters. The van der Waals surface area contributed by atoms with Crippen molar-refractivity contribution in [1.82, 2.24) is 0 Å². The molecule has 0 saturated heterocycles. The van der Waals surface area contributed by atoms with Crippen molar-refractivity contribution < 1.29 is 17.9 Å². The van der Waals surface area contributed by atoms with Crippen LogP contribution < -0.4 is 0 Å². The predicted octanol–water partition coefficient (Wildman–Crippen LogP) is 2.58. The van der Waals surface area contributed by atoms with Gasteiger partial charge in [0.05, 0.1) is 17.3 Å². The Morgan fingerprint density at radius 3 is 2.55 bits per heavy atom. The number of ether oxygens (including phenoxy) is 1. The van der Waals surface area contributed by atoms with E-state index in [2.05, 4.69) is 0 Å². The van der Waals surface area contributed by atoms with Crippen molar-refractivity contribution in [3.8, 4) is 0 Å². The molecule has 0 aliphatic rings. The molecule has 20 heavy (non-hydrogen) atoms. The van der Waals surface area contributed by atoms with Crippen molar-refractivity contribution >= 4 is 27.4 Å². The van der Waals surface area contributed by atoms with Crippen LogP contribution in [0.25, 0.3) is 0 Å². The summed E-state index contributed by atoms with van der Waals surface area (Å²) in [7, 11) is -3.33. The highest BCUT2D eigenvalue weighted by atomic mass is 35.5. The fraction of sp³-hybridized carbons (Fsp3) is 0.357. The Morgan fingerprint density at radius 2 is 1.95 bits per heavy atom. The minimum Gasteiger partial charge on any atom is -0.465 e. The van der Waals surface area contributed by atoms with Crippen molar-refractivity contribution in [3.63, 3.8) is 0 Å².